The molecule has 1 N–H and O–H groups in total. The molecule has 1 amide bonds. The van der Waals surface area contributed by atoms with E-state index < -0.39 is 0 Å². The molecule has 0 saturated carbocycles. The Hall–Kier alpha value is -1.88. The summed E-state index contributed by atoms with van der Waals surface area (Å²) in [6.45, 7) is 9.97. The van der Waals surface area contributed by atoms with Crippen molar-refractivity contribution in [3.05, 3.63) is 52.0 Å². The van der Waals surface area contributed by atoms with E-state index in [1.165, 1.54) is 0 Å². The third-order valence-electron chi connectivity index (χ3n) is 4.12. The van der Waals surface area contributed by atoms with Crippen molar-refractivity contribution < 1.29 is 9.53 Å². The number of amides is 1. The second-order valence-corrected chi connectivity index (χ2v) is 7.02. The van der Waals surface area contributed by atoms with Crippen molar-refractivity contribution in [3.8, 4) is 5.75 Å². The van der Waals surface area contributed by atoms with E-state index >= 15 is 0 Å². The van der Waals surface area contributed by atoms with Crippen molar-refractivity contribution in [3.63, 3.8) is 0 Å². The molecule has 1 aromatic carbocycles. The topological polar surface area (TPSA) is 50.7 Å². The van der Waals surface area contributed by atoms with Gasteiger partial charge in [0.15, 0.2) is 6.61 Å². The summed E-state index contributed by atoms with van der Waals surface area (Å²) >= 11 is 3.43. The number of aryl methyl sites for hydroxylation is 1. The Labute approximate surface area is 151 Å². The maximum absolute atomic E-state index is 11.9. The highest BCUT2D eigenvalue weighted by Crippen LogP contribution is 2.26. The van der Waals surface area contributed by atoms with Gasteiger partial charge in [-0.2, -0.15) is 5.10 Å². The fourth-order valence-corrected chi connectivity index (χ4v) is 2.69. The van der Waals surface area contributed by atoms with Crippen LogP contribution in [0.25, 0.3) is 0 Å². The quantitative estimate of drug-likeness (QED) is 0.592. The first-order valence-corrected chi connectivity index (χ1v) is 8.73. The van der Waals surface area contributed by atoms with Gasteiger partial charge >= 0.3 is 0 Å². The monoisotopic (exact) mass is 390 g/mol. The number of benzene rings is 1. The van der Waals surface area contributed by atoms with Crippen molar-refractivity contribution in [1.82, 2.24) is 5.43 Å². The Kier molecular flexibility index (Phi) is 6.37. The van der Waals surface area contributed by atoms with Crippen molar-refractivity contribution in [1.29, 1.82) is 0 Å². The number of ether oxygens (including phenoxy) is 1. The predicted octanol–water partition coefficient (Wildman–Crippen LogP) is 4.54. The van der Waals surface area contributed by atoms with Crippen LogP contribution in [-0.4, -0.2) is 18.2 Å². The highest BCUT2D eigenvalue weighted by Gasteiger charge is 2.18. The van der Waals surface area contributed by atoms with Crippen LogP contribution in [0.4, 0.5) is 0 Å². The number of hydrogen-bond acceptors (Lipinski definition) is 3. The first kappa shape index (κ1) is 18.5. The molecule has 5 heteroatoms. The Morgan fingerprint density at radius 3 is 2.88 bits per heavy atom. The maximum atomic E-state index is 11.9. The lowest BCUT2D eigenvalue weighted by Crippen LogP contribution is -2.27. The molecule has 0 spiro atoms. The van der Waals surface area contributed by atoms with Crippen molar-refractivity contribution in [2.75, 3.05) is 6.61 Å². The van der Waals surface area contributed by atoms with Gasteiger partial charge in [0, 0.05) is 4.47 Å². The predicted molar refractivity (Wildman–Crippen MR) is 101 cm³/mol. The molecular weight excluding hydrogens is 368 g/mol. The number of hydrazone groups is 1. The van der Waals surface area contributed by atoms with Gasteiger partial charge in [0.05, 0.1) is 5.71 Å². The molecule has 1 aromatic rings. The summed E-state index contributed by atoms with van der Waals surface area (Å²) < 4.78 is 6.51. The number of carbonyl (C=O) groups excluding carboxylic acids is 1. The summed E-state index contributed by atoms with van der Waals surface area (Å²) in [6.07, 6.45) is 3.94. The zero-order valence-corrected chi connectivity index (χ0v) is 15.9. The average Bonchev–Trinajstić information content (AvgIpc) is 2.55. The first-order chi connectivity index (χ1) is 11.4. The van der Waals surface area contributed by atoms with E-state index in [2.05, 4.69) is 39.1 Å². The fourth-order valence-electron chi connectivity index (χ4n) is 2.44. The van der Waals surface area contributed by atoms with Gasteiger partial charge in [0.2, 0.25) is 0 Å². The van der Waals surface area contributed by atoms with Crippen molar-refractivity contribution >= 4 is 27.5 Å². The summed E-state index contributed by atoms with van der Waals surface area (Å²) in [7, 11) is 0. The largest absolute Gasteiger partial charge is 0.484 e. The Morgan fingerprint density at radius 2 is 2.21 bits per heavy atom. The lowest BCUT2D eigenvalue weighted by molar-refractivity contribution is -0.123. The molecule has 128 valence electrons. The Balaban J connectivity index is 1.90. The number of hydrogen-bond donors (Lipinski definition) is 1. The van der Waals surface area contributed by atoms with E-state index in [4.69, 9.17) is 4.74 Å². The van der Waals surface area contributed by atoms with E-state index in [9.17, 15) is 4.79 Å². The van der Waals surface area contributed by atoms with Gasteiger partial charge in [-0.15, -0.1) is 0 Å². The molecule has 0 aromatic heterocycles. The minimum atomic E-state index is -0.270. The minimum Gasteiger partial charge on any atom is -0.484 e. The van der Waals surface area contributed by atoms with Gasteiger partial charge in [0.1, 0.15) is 5.75 Å². The van der Waals surface area contributed by atoms with Crippen LogP contribution in [0.5, 0.6) is 5.75 Å². The van der Waals surface area contributed by atoms with Gasteiger partial charge in [-0.05, 0) is 68.9 Å². The molecule has 2 rings (SSSR count). The second-order valence-electron chi connectivity index (χ2n) is 6.16. The highest BCUT2D eigenvalue weighted by molar-refractivity contribution is 9.10. The number of rotatable bonds is 5. The van der Waals surface area contributed by atoms with Gasteiger partial charge in [-0.3, -0.25) is 4.79 Å². The Morgan fingerprint density at radius 1 is 1.46 bits per heavy atom. The summed E-state index contributed by atoms with van der Waals surface area (Å²) in [5.41, 5.74) is 6.80. The van der Waals surface area contributed by atoms with E-state index in [1.54, 1.807) is 0 Å². The van der Waals surface area contributed by atoms with Gasteiger partial charge in [-0.1, -0.05) is 34.2 Å². The molecule has 1 atom stereocenters. The number of allylic oxidation sites excluding steroid dienone is 3. The average molecular weight is 391 g/mol. The third kappa shape index (κ3) is 5.06. The lowest BCUT2D eigenvalue weighted by atomic mass is 9.85. The molecule has 0 radical (unpaired) electrons. The molecule has 0 aliphatic heterocycles. The summed E-state index contributed by atoms with van der Waals surface area (Å²) in [4.78, 5) is 11.9. The van der Waals surface area contributed by atoms with E-state index in [0.717, 1.165) is 39.7 Å². The van der Waals surface area contributed by atoms with Crippen LogP contribution in [0.15, 0.2) is 51.6 Å². The SMILES string of the molecule is C=C(C)C1CC=C(C)/C(=N\NC(=O)COc2ccc(Br)c(C)c2)C1. The smallest absolute Gasteiger partial charge is 0.277 e. The molecule has 1 aliphatic carbocycles. The molecule has 4 nitrogen and oxygen atoms in total. The molecule has 1 unspecified atom stereocenters. The molecule has 1 aliphatic rings. The lowest BCUT2D eigenvalue weighted by Gasteiger charge is -2.22. The van der Waals surface area contributed by atoms with Crippen molar-refractivity contribution in [2.24, 2.45) is 11.0 Å². The van der Waals surface area contributed by atoms with Gasteiger partial charge in [-0.25, -0.2) is 5.43 Å². The van der Waals surface area contributed by atoms with Crippen LogP contribution in [0.3, 0.4) is 0 Å². The first-order valence-electron chi connectivity index (χ1n) is 7.93. The zero-order chi connectivity index (χ0) is 17.7. The minimum absolute atomic E-state index is 0.0650. The van der Waals surface area contributed by atoms with Crippen LogP contribution in [-0.2, 0) is 4.79 Å². The molecule has 24 heavy (non-hydrogen) atoms. The summed E-state index contributed by atoms with van der Waals surface area (Å²) in [5, 5.41) is 4.26. The third-order valence-corrected chi connectivity index (χ3v) is 5.01. The number of nitrogens with one attached hydrogen (secondary N) is 1. The van der Waals surface area contributed by atoms with Crippen LogP contribution in [0, 0.1) is 12.8 Å². The number of carbonyl (C=O) groups is 1. The number of nitrogens with zero attached hydrogens (tertiary/aromatic N) is 1. The Bertz CT molecular complexity index is 707. The van der Waals surface area contributed by atoms with Crippen LogP contribution >= 0.6 is 15.9 Å². The maximum Gasteiger partial charge on any atom is 0.277 e. The molecule has 0 saturated heterocycles. The van der Waals surface area contributed by atoms with Crippen LogP contribution in [0.2, 0.25) is 0 Å². The second kappa shape index (κ2) is 8.29. The molecular formula is C19H23BrN2O2. The van der Waals surface area contributed by atoms with Crippen molar-refractivity contribution in [2.45, 2.75) is 33.6 Å². The summed E-state index contributed by atoms with van der Waals surface area (Å²) in [6, 6.07) is 5.60. The van der Waals surface area contributed by atoms with Crippen LogP contribution < -0.4 is 10.2 Å². The molecule has 0 fully saturated rings. The van der Waals surface area contributed by atoms with E-state index in [0.29, 0.717) is 11.7 Å². The fraction of sp³-hybridized carbons (Fsp3) is 0.368. The highest BCUT2D eigenvalue weighted by atomic mass is 79.9. The standard InChI is InChI=1S/C19H23BrN2O2/c1-12(2)15-6-5-13(3)18(10-15)21-22-19(23)11-24-16-7-8-17(20)14(4)9-16/h5,7-9,15H,1,6,10-11H2,2-4H3,(H,22,23)/b21-18-. The summed E-state index contributed by atoms with van der Waals surface area (Å²) in [5.74, 6) is 0.786. The van der Waals surface area contributed by atoms with Gasteiger partial charge < -0.3 is 4.74 Å². The van der Waals surface area contributed by atoms with Gasteiger partial charge in [0.25, 0.3) is 5.91 Å². The molecule has 0 heterocycles. The molecule has 0 bridgehead atoms. The van der Waals surface area contributed by atoms with E-state index in [1.807, 2.05) is 39.0 Å². The normalized spacial score (nSPS) is 18.9. The van der Waals surface area contributed by atoms with E-state index in [-0.39, 0.29) is 12.5 Å². The number of halogens is 1. The van der Waals surface area contributed by atoms with Crippen LogP contribution in [0.1, 0.15) is 32.3 Å². The zero-order valence-electron chi connectivity index (χ0n) is 14.4.